The fraction of sp³-hybridized carbons (Fsp3) is 0.440. The predicted octanol–water partition coefficient (Wildman–Crippen LogP) is 3.45. The molecule has 9 heteroatoms. The molecule has 5 rings (SSSR count). The largest absolute Gasteiger partial charge is 0.443 e. The van der Waals surface area contributed by atoms with Crippen LogP contribution in [-0.2, 0) is 13.6 Å². The topological polar surface area (TPSA) is 96.1 Å². The van der Waals surface area contributed by atoms with E-state index < -0.39 is 0 Å². The SMILES string of the molecule is CC[C@@H]1CN(c2cc(=O)n(C)c3cn(CC#N)nc23)[C@@H](C)CN1[C@H](C)c1ccc2ncoc2c1. The molecule has 1 aliphatic rings. The third kappa shape index (κ3) is 3.64. The van der Waals surface area contributed by atoms with Gasteiger partial charge < -0.3 is 13.9 Å². The van der Waals surface area contributed by atoms with E-state index in [9.17, 15) is 4.79 Å². The van der Waals surface area contributed by atoms with Crippen LogP contribution in [0.1, 0.15) is 38.8 Å². The van der Waals surface area contributed by atoms with E-state index in [4.69, 9.17) is 9.68 Å². The number of oxazole rings is 1. The molecule has 1 fully saturated rings. The molecular weight excluding hydrogens is 430 g/mol. The van der Waals surface area contributed by atoms with Crippen LogP contribution in [0.3, 0.4) is 0 Å². The predicted molar refractivity (Wildman–Crippen MR) is 131 cm³/mol. The number of hydrogen-bond donors (Lipinski definition) is 0. The van der Waals surface area contributed by atoms with Gasteiger partial charge in [-0.25, -0.2) is 4.98 Å². The standard InChI is InChI=1S/C25H29N7O2/c1-5-19-13-31(21-11-24(33)29(4)22-14-30(9-8-26)28-25(21)22)16(2)12-32(19)17(3)18-6-7-20-23(10-18)34-15-27-20/h6-7,10-11,14-17,19H,5,9,12-13H2,1-4H3/t16-,17+,19+/m0/s1. The Morgan fingerprint density at radius 2 is 2.12 bits per heavy atom. The quantitative estimate of drug-likeness (QED) is 0.451. The van der Waals surface area contributed by atoms with Crippen molar-refractivity contribution >= 4 is 27.8 Å². The van der Waals surface area contributed by atoms with Crippen LogP contribution in [-0.4, -0.2) is 49.4 Å². The van der Waals surface area contributed by atoms with Gasteiger partial charge in [0.1, 0.15) is 17.6 Å². The molecule has 3 aromatic heterocycles. The average Bonchev–Trinajstić information content (AvgIpc) is 3.48. The van der Waals surface area contributed by atoms with Crippen LogP contribution in [0.5, 0.6) is 0 Å². The first-order chi connectivity index (χ1) is 16.4. The van der Waals surface area contributed by atoms with E-state index in [1.165, 1.54) is 12.0 Å². The smallest absolute Gasteiger partial charge is 0.252 e. The van der Waals surface area contributed by atoms with Crippen molar-refractivity contribution in [3.05, 3.63) is 52.8 Å². The van der Waals surface area contributed by atoms with Gasteiger partial charge in [0.15, 0.2) is 12.0 Å². The van der Waals surface area contributed by atoms with Gasteiger partial charge in [0.25, 0.3) is 5.56 Å². The van der Waals surface area contributed by atoms with Gasteiger partial charge in [-0.05, 0) is 38.0 Å². The number of rotatable bonds is 5. The van der Waals surface area contributed by atoms with Crippen LogP contribution in [0.25, 0.3) is 22.1 Å². The maximum atomic E-state index is 12.8. The van der Waals surface area contributed by atoms with Gasteiger partial charge in [0, 0.05) is 44.3 Å². The summed E-state index contributed by atoms with van der Waals surface area (Å²) in [5.74, 6) is 0. The molecule has 0 N–H and O–H groups in total. The number of hydrogen-bond acceptors (Lipinski definition) is 7. The highest BCUT2D eigenvalue weighted by Crippen LogP contribution is 2.34. The molecule has 0 amide bonds. The van der Waals surface area contributed by atoms with E-state index in [1.807, 2.05) is 6.07 Å². The number of pyridine rings is 1. The summed E-state index contributed by atoms with van der Waals surface area (Å²) in [7, 11) is 1.75. The van der Waals surface area contributed by atoms with Crippen LogP contribution in [0.2, 0.25) is 0 Å². The van der Waals surface area contributed by atoms with Crippen molar-refractivity contribution in [3.63, 3.8) is 0 Å². The lowest BCUT2D eigenvalue weighted by Gasteiger charge is -2.48. The molecule has 0 aliphatic carbocycles. The Morgan fingerprint density at radius 3 is 2.88 bits per heavy atom. The van der Waals surface area contributed by atoms with E-state index in [-0.39, 0.29) is 24.2 Å². The second kappa shape index (κ2) is 8.61. The third-order valence-electron chi connectivity index (χ3n) is 7.17. The summed E-state index contributed by atoms with van der Waals surface area (Å²) in [5.41, 5.74) is 5.15. The summed E-state index contributed by atoms with van der Waals surface area (Å²) in [6.45, 7) is 8.43. The minimum atomic E-state index is -0.0737. The molecule has 4 heterocycles. The molecular formula is C25H29N7O2. The van der Waals surface area contributed by atoms with E-state index in [0.717, 1.165) is 47.3 Å². The zero-order valence-electron chi connectivity index (χ0n) is 20.0. The van der Waals surface area contributed by atoms with Crippen LogP contribution in [0.15, 0.2) is 46.1 Å². The highest BCUT2D eigenvalue weighted by Gasteiger charge is 2.35. The molecule has 0 radical (unpaired) electrons. The summed E-state index contributed by atoms with van der Waals surface area (Å²) in [6.07, 6.45) is 4.25. The summed E-state index contributed by atoms with van der Waals surface area (Å²) < 4.78 is 8.73. The summed E-state index contributed by atoms with van der Waals surface area (Å²) in [6, 6.07) is 10.7. The molecule has 9 nitrogen and oxygen atoms in total. The van der Waals surface area contributed by atoms with E-state index in [1.54, 1.807) is 28.6 Å². The Hall–Kier alpha value is -3.64. The first-order valence-corrected chi connectivity index (χ1v) is 11.7. The third-order valence-corrected chi connectivity index (χ3v) is 7.17. The number of nitriles is 1. The monoisotopic (exact) mass is 459 g/mol. The Bertz CT molecular complexity index is 1440. The first kappa shape index (κ1) is 22.2. The molecule has 4 aromatic rings. The van der Waals surface area contributed by atoms with E-state index in [0.29, 0.717) is 6.04 Å². The highest BCUT2D eigenvalue weighted by molar-refractivity contribution is 5.88. The van der Waals surface area contributed by atoms with Gasteiger partial charge in [-0.2, -0.15) is 10.4 Å². The number of fused-ring (bicyclic) bond motifs is 2. The summed E-state index contributed by atoms with van der Waals surface area (Å²) in [4.78, 5) is 21.9. The fourth-order valence-electron chi connectivity index (χ4n) is 5.17. The summed E-state index contributed by atoms with van der Waals surface area (Å²) >= 11 is 0. The zero-order valence-corrected chi connectivity index (χ0v) is 20.0. The Balaban J connectivity index is 1.48. The van der Waals surface area contributed by atoms with Crippen molar-refractivity contribution in [2.75, 3.05) is 18.0 Å². The maximum absolute atomic E-state index is 12.8. The number of aryl methyl sites for hydroxylation is 1. The van der Waals surface area contributed by atoms with Crippen molar-refractivity contribution in [1.29, 1.82) is 5.26 Å². The Morgan fingerprint density at radius 1 is 1.29 bits per heavy atom. The van der Waals surface area contributed by atoms with Crippen molar-refractivity contribution in [2.45, 2.75) is 51.9 Å². The number of benzene rings is 1. The molecule has 1 aromatic carbocycles. The van der Waals surface area contributed by atoms with Gasteiger partial charge in [0.2, 0.25) is 0 Å². The van der Waals surface area contributed by atoms with Crippen LogP contribution in [0, 0.1) is 11.3 Å². The second-order valence-corrected chi connectivity index (χ2v) is 9.16. The fourth-order valence-corrected chi connectivity index (χ4v) is 5.17. The molecule has 0 bridgehead atoms. The Labute approximate surface area is 197 Å². The minimum absolute atomic E-state index is 0.0737. The van der Waals surface area contributed by atoms with Crippen molar-refractivity contribution in [2.24, 2.45) is 7.05 Å². The van der Waals surface area contributed by atoms with Gasteiger partial charge >= 0.3 is 0 Å². The van der Waals surface area contributed by atoms with Crippen molar-refractivity contribution < 1.29 is 4.42 Å². The molecule has 34 heavy (non-hydrogen) atoms. The van der Waals surface area contributed by atoms with Gasteiger partial charge in [-0.15, -0.1) is 0 Å². The summed E-state index contributed by atoms with van der Waals surface area (Å²) in [5, 5.41) is 13.8. The maximum Gasteiger partial charge on any atom is 0.252 e. The first-order valence-electron chi connectivity index (χ1n) is 11.7. The molecule has 0 spiro atoms. The number of nitrogens with zero attached hydrogens (tertiary/aromatic N) is 7. The van der Waals surface area contributed by atoms with Crippen LogP contribution < -0.4 is 10.5 Å². The lowest BCUT2D eigenvalue weighted by atomic mass is 9.98. The number of anilines is 1. The molecule has 1 saturated heterocycles. The van der Waals surface area contributed by atoms with Gasteiger partial charge in [-0.3, -0.25) is 14.4 Å². The van der Waals surface area contributed by atoms with Crippen molar-refractivity contribution in [3.8, 4) is 6.07 Å². The number of piperazine rings is 1. The lowest BCUT2D eigenvalue weighted by Crippen LogP contribution is -2.58. The van der Waals surface area contributed by atoms with Crippen molar-refractivity contribution in [1.82, 2.24) is 24.2 Å². The molecule has 1 aliphatic heterocycles. The molecule has 0 unspecified atom stereocenters. The minimum Gasteiger partial charge on any atom is -0.443 e. The normalized spacial score (nSPS) is 20.1. The zero-order chi connectivity index (χ0) is 24.0. The molecule has 0 saturated carbocycles. The number of aromatic nitrogens is 4. The lowest BCUT2D eigenvalue weighted by molar-refractivity contribution is 0.106. The second-order valence-electron chi connectivity index (χ2n) is 9.16. The molecule has 176 valence electrons. The van der Waals surface area contributed by atoms with E-state index in [2.05, 4.69) is 58.9 Å². The molecule has 3 atom stereocenters. The Kier molecular flexibility index (Phi) is 5.62. The van der Waals surface area contributed by atoms with Crippen LogP contribution >= 0.6 is 0 Å². The van der Waals surface area contributed by atoms with Crippen LogP contribution in [0.4, 0.5) is 5.69 Å². The van der Waals surface area contributed by atoms with Gasteiger partial charge in [0.05, 0.1) is 23.5 Å². The highest BCUT2D eigenvalue weighted by atomic mass is 16.3. The van der Waals surface area contributed by atoms with Gasteiger partial charge in [-0.1, -0.05) is 13.0 Å². The average molecular weight is 460 g/mol. The van der Waals surface area contributed by atoms with E-state index >= 15 is 0 Å².